The lowest BCUT2D eigenvalue weighted by Crippen LogP contribution is -2.34. The third kappa shape index (κ3) is 2.98. The molecule has 1 fully saturated rings. The van der Waals surface area contributed by atoms with Crippen molar-refractivity contribution in [3.8, 4) is 22.6 Å². The minimum absolute atomic E-state index is 0.113. The molecule has 0 radical (unpaired) electrons. The van der Waals surface area contributed by atoms with Crippen molar-refractivity contribution >= 4 is 22.9 Å². The Morgan fingerprint density at radius 2 is 1.74 bits per heavy atom. The first-order chi connectivity index (χ1) is 13.2. The molecule has 5 heteroatoms. The van der Waals surface area contributed by atoms with E-state index in [1.165, 1.54) is 11.3 Å². The van der Waals surface area contributed by atoms with Crippen molar-refractivity contribution in [3.63, 3.8) is 0 Å². The molecular formula is C22H19NO3S. The van der Waals surface area contributed by atoms with Gasteiger partial charge in [-0.1, -0.05) is 30.3 Å². The van der Waals surface area contributed by atoms with Gasteiger partial charge in [0.25, 0.3) is 11.7 Å². The number of ether oxygens (including phenoxy) is 2. The van der Waals surface area contributed by atoms with Gasteiger partial charge in [-0.25, -0.2) is 0 Å². The van der Waals surface area contributed by atoms with Gasteiger partial charge in [-0.2, -0.15) is 0 Å². The highest BCUT2D eigenvalue weighted by atomic mass is 32.1. The smallest absolute Gasteiger partial charge is 0.266 e. The number of anilines is 1. The zero-order chi connectivity index (χ0) is 18.3. The van der Waals surface area contributed by atoms with Gasteiger partial charge in [-0.05, 0) is 42.0 Å². The summed E-state index contributed by atoms with van der Waals surface area (Å²) in [5, 5.41) is 4.94. The second-order valence-electron chi connectivity index (χ2n) is 6.97. The maximum atomic E-state index is 12.8. The molecule has 1 aliphatic carbocycles. The molecule has 0 bridgehead atoms. The van der Waals surface area contributed by atoms with Gasteiger partial charge in [0.05, 0.1) is 4.88 Å². The second kappa shape index (κ2) is 6.43. The van der Waals surface area contributed by atoms with E-state index in [0.29, 0.717) is 16.3 Å². The summed E-state index contributed by atoms with van der Waals surface area (Å²) >= 11 is 1.44. The third-order valence-corrected chi connectivity index (χ3v) is 6.03. The molecule has 1 spiro atoms. The van der Waals surface area contributed by atoms with E-state index >= 15 is 0 Å². The molecule has 1 aliphatic heterocycles. The van der Waals surface area contributed by atoms with E-state index in [1.807, 2.05) is 60.0 Å². The van der Waals surface area contributed by atoms with Crippen LogP contribution in [0.3, 0.4) is 0 Å². The Kier molecular flexibility index (Phi) is 3.90. The van der Waals surface area contributed by atoms with Gasteiger partial charge in [0.15, 0.2) is 11.5 Å². The number of carbonyl (C=O) groups excluding carboxylic acids is 1. The monoisotopic (exact) mass is 377 g/mol. The molecule has 2 heterocycles. The number of fused-ring (bicyclic) bond motifs is 1. The number of hydrogen-bond acceptors (Lipinski definition) is 4. The number of thiophene rings is 1. The lowest BCUT2D eigenvalue weighted by atomic mass is 10.1. The van der Waals surface area contributed by atoms with E-state index in [2.05, 4.69) is 5.32 Å². The van der Waals surface area contributed by atoms with Crippen LogP contribution in [0.5, 0.6) is 11.5 Å². The highest BCUT2D eigenvalue weighted by Crippen LogP contribution is 2.47. The van der Waals surface area contributed by atoms with Crippen molar-refractivity contribution in [1.29, 1.82) is 0 Å². The third-order valence-electron chi connectivity index (χ3n) is 5.12. The number of carbonyl (C=O) groups is 1. The van der Waals surface area contributed by atoms with E-state index in [0.717, 1.165) is 42.6 Å². The van der Waals surface area contributed by atoms with Crippen molar-refractivity contribution in [2.75, 3.05) is 5.32 Å². The Morgan fingerprint density at radius 3 is 2.56 bits per heavy atom. The number of benzene rings is 2. The number of hydrogen-bond donors (Lipinski definition) is 1. The van der Waals surface area contributed by atoms with Gasteiger partial charge < -0.3 is 14.8 Å². The molecule has 2 aromatic carbocycles. The lowest BCUT2D eigenvalue weighted by molar-refractivity contribution is -0.0716. The van der Waals surface area contributed by atoms with Crippen LogP contribution < -0.4 is 14.8 Å². The highest BCUT2D eigenvalue weighted by molar-refractivity contribution is 7.12. The van der Waals surface area contributed by atoms with Crippen molar-refractivity contribution in [1.82, 2.24) is 0 Å². The predicted molar refractivity (Wildman–Crippen MR) is 107 cm³/mol. The largest absolute Gasteiger partial charge is 0.448 e. The van der Waals surface area contributed by atoms with Crippen LogP contribution in [-0.2, 0) is 0 Å². The molecule has 1 N–H and O–H groups in total. The first-order valence-corrected chi connectivity index (χ1v) is 10.1. The van der Waals surface area contributed by atoms with Crippen LogP contribution in [-0.4, -0.2) is 11.7 Å². The summed E-state index contributed by atoms with van der Waals surface area (Å²) in [7, 11) is 0. The van der Waals surface area contributed by atoms with Gasteiger partial charge in [0, 0.05) is 30.2 Å². The van der Waals surface area contributed by atoms with Crippen LogP contribution in [0.1, 0.15) is 35.4 Å². The van der Waals surface area contributed by atoms with Gasteiger partial charge >= 0.3 is 0 Å². The number of nitrogens with one attached hydrogen (secondary N) is 1. The average molecular weight is 377 g/mol. The van der Waals surface area contributed by atoms with Crippen molar-refractivity contribution in [3.05, 3.63) is 64.9 Å². The van der Waals surface area contributed by atoms with Gasteiger partial charge in [0.1, 0.15) is 0 Å². The minimum atomic E-state index is -0.487. The lowest BCUT2D eigenvalue weighted by Gasteiger charge is -2.21. The molecule has 1 aromatic heterocycles. The molecule has 0 saturated heterocycles. The molecule has 1 amide bonds. The summed E-state index contributed by atoms with van der Waals surface area (Å²) in [5.74, 6) is 0.873. The molecule has 3 aromatic rings. The summed E-state index contributed by atoms with van der Waals surface area (Å²) in [6.07, 6.45) is 4.08. The first-order valence-electron chi connectivity index (χ1n) is 9.19. The van der Waals surface area contributed by atoms with Crippen molar-refractivity contribution < 1.29 is 14.3 Å². The Balaban J connectivity index is 1.37. The normalized spacial score (nSPS) is 16.6. The molecule has 0 atom stereocenters. The summed E-state index contributed by atoms with van der Waals surface area (Å²) in [4.78, 5) is 13.5. The topological polar surface area (TPSA) is 47.6 Å². The predicted octanol–water partition coefficient (Wildman–Crippen LogP) is 5.71. The quantitative estimate of drug-likeness (QED) is 0.636. The van der Waals surface area contributed by atoms with Crippen molar-refractivity contribution in [2.24, 2.45) is 0 Å². The van der Waals surface area contributed by atoms with Crippen LogP contribution >= 0.6 is 11.3 Å². The van der Waals surface area contributed by atoms with Crippen LogP contribution in [0.15, 0.2) is 60.0 Å². The number of amides is 1. The Bertz CT molecular complexity index is 990. The molecule has 27 heavy (non-hydrogen) atoms. The molecular weight excluding hydrogens is 358 g/mol. The van der Waals surface area contributed by atoms with Crippen LogP contribution in [0.4, 0.5) is 5.69 Å². The summed E-state index contributed by atoms with van der Waals surface area (Å²) in [6, 6.07) is 17.5. The summed E-state index contributed by atoms with van der Waals surface area (Å²) in [5.41, 5.74) is 2.70. The minimum Gasteiger partial charge on any atom is -0.448 e. The van der Waals surface area contributed by atoms with Crippen LogP contribution in [0.2, 0.25) is 0 Å². The Labute approximate surface area is 161 Å². The molecule has 0 unspecified atom stereocenters. The fourth-order valence-electron chi connectivity index (χ4n) is 3.81. The molecule has 2 aliphatic rings. The maximum Gasteiger partial charge on any atom is 0.266 e. The molecule has 136 valence electrons. The standard InChI is InChI=1S/C22H19NO3S/c24-21(20-17(10-13-27-20)15-6-2-1-3-7-15)23-16-8-9-18-19(14-16)26-22(25-18)11-4-5-12-22/h1-3,6-10,13-14H,4-5,11-12H2,(H,23,24). The van der Waals surface area contributed by atoms with E-state index in [-0.39, 0.29) is 5.91 Å². The highest BCUT2D eigenvalue weighted by Gasteiger charge is 2.44. The second-order valence-corrected chi connectivity index (χ2v) is 7.88. The molecule has 4 nitrogen and oxygen atoms in total. The van der Waals surface area contributed by atoms with E-state index < -0.39 is 5.79 Å². The average Bonchev–Trinajstić information content (AvgIpc) is 3.42. The molecule has 5 rings (SSSR count). The summed E-state index contributed by atoms with van der Waals surface area (Å²) < 4.78 is 12.1. The maximum absolute atomic E-state index is 12.8. The first kappa shape index (κ1) is 16.4. The van der Waals surface area contributed by atoms with Crippen molar-refractivity contribution in [2.45, 2.75) is 31.5 Å². The molecule has 1 saturated carbocycles. The van der Waals surface area contributed by atoms with E-state index in [4.69, 9.17) is 9.47 Å². The summed E-state index contributed by atoms with van der Waals surface area (Å²) in [6.45, 7) is 0. The van der Waals surface area contributed by atoms with Gasteiger partial charge in [0.2, 0.25) is 0 Å². The number of rotatable bonds is 3. The zero-order valence-corrected chi connectivity index (χ0v) is 15.6. The zero-order valence-electron chi connectivity index (χ0n) is 14.7. The van der Waals surface area contributed by atoms with Gasteiger partial charge in [-0.3, -0.25) is 4.79 Å². The SMILES string of the molecule is O=C(Nc1ccc2c(c1)OC1(CCCC1)O2)c1sccc1-c1ccccc1. The van der Waals surface area contributed by atoms with E-state index in [9.17, 15) is 4.79 Å². The Hall–Kier alpha value is -2.79. The fourth-order valence-corrected chi connectivity index (χ4v) is 4.62. The van der Waals surface area contributed by atoms with Gasteiger partial charge in [-0.15, -0.1) is 11.3 Å². The van der Waals surface area contributed by atoms with E-state index in [1.54, 1.807) is 0 Å². The van der Waals surface area contributed by atoms with Crippen LogP contribution in [0.25, 0.3) is 11.1 Å². The fraction of sp³-hybridized carbons (Fsp3) is 0.227. The Morgan fingerprint density at radius 1 is 0.963 bits per heavy atom. The van der Waals surface area contributed by atoms with Crippen LogP contribution in [0, 0.1) is 0 Å².